The fourth-order valence-corrected chi connectivity index (χ4v) is 1.62. The molecule has 1 aliphatic carbocycles. The molecule has 4 nitrogen and oxygen atoms in total. The maximum Gasteiger partial charge on any atom is 0.407 e. The molecule has 1 saturated carbocycles. The zero-order valence-corrected chi connectivity index (χ0v) is 9.17. The van der Waals surface area contributed by atoms with Crippen LogP contribution in [0.15, 0.2) is 0 Å². The third-order valence-corrected chi connectivity index (χ3v) is 2.19. The molecule has 82 valence electrons. The number of ether oxygens (including phenoxy) is 1. The lowest BCUT2D eigenvalue weighted by Gasteiger charge is -2.21. The summed E-state index contributed by atoms with van der Waals surface area (Å²) in [6.45, 7) is 5.56. The van der Waals surface area contributed by atoms with E-state index in [4.69, 9.17) is 10.5 Å². The molecule has 1 fully saturated rings. The van der Waals surface area contributed by atoms with Gasteiger partial charge in [-0.25, -0.2) is 4.79 Å². The average Bonchev–Trinajstić information content (AvgIpc) is 2.30. The van der Waals surface area contributed by atoms with Crippen molar-refractivity contribution in [2.24, 2.45) is 5.73 Å². The third kappa shape index (κ3) is 3.96. The van der Waals surface area contributed by atoms with Crippen LogP contribution in [0.4, 0.5) is 4.79 Å². The van der Waals surface area contributed by atoms with E-state index in [0.29, 0.717) is 0 Å². The van der Waals surface area contributed by atoms with Gasteiger partial charge in [-0.1, -0.05) is 0 Å². The smallest absolute Gasteiger partial charge is 0.407 e. The van der Waals surface area contributed by atoms with E-state index in [-0.39, 0.29) is 18.2 Å². The highest BCUT2D eigenvalue weighted by molar-refractivity contribution is 5.68. The van der Waals surface area contributed by atoms with Gasteiger partial charge in [0.05, 0.1) is 0 Å². The molecule has 1 amide bonds. The Balaban J connectivity index is 2.27. The lowest BCUT2D eigenvalue weighted by molar-refractivity contribution is 0.0505. The van der Waals surface area contributed by atoms with Crippen molar-refractivity contribution in [2.75, 3.05) is 0 Å². The summed E-state index contributed by atoms with van der Waals surface area (Å²) in [5.74, 6) is 0. The molecule has 2 atom stereocenters. The van der Waals surface area contributed by atoms with Crippen molar-refractivity contribution in [2.45, 2.75) is 57.7 Å². The molecule has 1 unspecified atom stereocenters. The van der Waals surface area contributed by atoms with E-state index >= 15 is 0 Å². The van der Waals surface area contributed by atoms with Gasteiger partial charge in [-0.05, 0) is 40.0 Å². The van der Waals surface area contributed by atoms with Crippen LogP contribution < -0.4 is 11.1 Å². The topological polar surface area (TPSA) is 64.3 Å². The lowest BCUT2D eigenvalue weighted by Crippen LogP contribution is -2.38. The second-order valence-corrected chi connectivity index (χ2v) is 4.92. The second-order valence-electron chi connectivity index (χ2n) is 4.92. The summed E-state index contributed by atoms with van der Waals surface area (Å²) < 4.78 is 5.14. The molecule has 0 aliphatic heterocycles. The van der Waals surface area contributed by atoms with Gasteiger partial charge in [-0.15, -0.1) is 0 Å². The van der Waals surface area contributed by atoms with Gasteiger partial charge in [0.1, 0.15) is 5.60 Å². The summed E-state index contributed by atoms with van der Waals surface area (Å²) in [5, 5.41) is 2.82. The van der Waals surface area contributed by atoms with Crippen LogP contribution in [-0.4, -0.2) is 23.8 Å². The molecule has 14 heavy (non-hydrogen) atoms. The molecule has 0 saturated heterocycles. The molecule has 1 aliphatic rings. The van der Waals surface area contributed by atoms with E-state index in [9.17, 15) is 4.79 Å². The van der Waals surface area contributed by atoms with Crippen LogP contribution in [0.1, 0.15) is 40.0 Å². The minimum absolute atomic E-state index is 0.194. The maximum absolute atomic E-state index is 11.3. The highest BCUT2D eigenvalue weighted by Crippen LogP contribution is 2.17. The Bertz CT molecular complexity index is 211. The monoisotopic (exact) mass is 200 g/mol. The lowest BCUT2D eigenvalue weighted by atomic mass is 10.2. The van der Waals surface area contributed by atoms with Gasteiger partial charge in [0.25, 0.3) is 0 Å². The van der Waals surface area contributed by atoms with Crippen molar-refractivity contribution >= 4 is 6.09 Å². The van der Waals surface area contributed by atoms with Crippen molar-refractivity contribution in [3.8, 4) is 0 Å². The number of rotatable bonds is 1. The first-order valence-electron chi connectivity index (χ1n) is 5.12. The molecular weight excluding hydrogens is 180 g/mol. The molecule has 0 heterocycles. The van der Waals surface area contributed by atoms with Crippen LogP contribution in [0, 0.1) is 0 Å². The van der Waals surface area contributed by atoms with Gasteiger partial charge < -0.3 is 15.8 Å². The van der Waals surface area contributed by atoms with Crippen molar-refractivity contribution in [1.82, 2.24) is 5.32 Å². The van der Waals surface area contributed by atoms with Gasteiger partial charge >= 0.3 is 6.09 Å². The SMILES string of the molecule is CC(C)(C)OC(=O)N[C@@H]1CCC(N)C1. The van der Waals surface area contributed by atoms with Gasteiger partial charge in [-0.3, -0.25) is 0 Å². The predicted octanol–water partition coefficient (Wildman–Crippen LogP) is 1.39. The van der Waals surface area contributed by atoms with E-state index in [1.54, 1.807) is 0 Å². The predicted molar refractivity (Wildman–Crippen MR) is 55.0 cm³/mol. The number of hydrogen-bond acceptors (Lipinski definition) is 3. The Hall–Kier alpha value is -0.770. The van der Waals surface area contributed by atoms with Gasteiger partial charge in [0.15, 0.2) is 0 Å². The number of carbonyl (C=O) groups is 1. The standard InChI is InChI=1S/C10H20N2O2/c1-10(2,3)14-9(13)12-8-5-4-7(11)6-8/h7-8H,4-6,11H2,1-3H3,(H,12,13)/t7?,8-/m1/s1. The van der Waals surface area contributed by atoms with E-state index in [1.807, 2.05) is 20.8 Å². The Labute approximate surface area is 85.2 Å². The van der Waals surface area contributed by atoms with Crippen LogP contribution in [0.25, 0.3) is 0 Å². The van der Waals surface area contributed by atoms with E-state index in [1.165, 1.54) is 0 Å². The first-order valence-corrected chi connectivity index (χ1v) is 5.12. The number of amides is 1. The summed E-state index contributed by atoms with van der Waals surface area (Å²) in [6, 6.07) is 0.426. The summed E-state index contributed by atoms with van der Waals surface area (Å²) in [4.78, 5) is 11.3. The Morgan fingerprint density at radius 1 is 1.43 bits per heavy atom. The fourth-order valence-electron chi connectivity index (χ4n) is 1.62. The largest absolute Gasteiger partial charge is 0.444 e. The quantitative estimate of drug-likeness (QED) is 0.672. The van der Waals surface area contributed by atoms with Crippen LogP contribution in [0.5, 0.6) is 0 Å². The number of carbonyl (C=O) groups excluding carboxylic acids is 1. The molecule has 0 aromatic heterocycles. The Morgan fingerprint density at radius 3 is 2.50 bits per heavy atom. The van der Waals surface area contributed by atoms with E-state index in [2.05, 4.69) is 5.32 Å². The van der Waals surface area contributed by atoms with Gasteiger partial charge in [0, 0.05) is 12.1 Å². The van der Waals surface area contributed by atoms with E-state index < -0.39 is 5.60 Å². The number of hydrogen-bond donors (Lipinski definition) is 2. The minimum Gasteiger partial charge on any atom is -0.444 e. The van der Waals surface area contributed by atoms with Crippen molar-refractivity contribution in [3.63, 3.8) is 0 Å². The summed E-state index contributed by atoms with van der Waals surface area (Å²) in [5.41, 5.74) is 5.31. The van der Waals surface area contributed by atoms with Crippen LogP contribution in [0.2, 0.25) is 0 Å². The summed E-state index contributed by atoms with van der Waals surface area (Å²) >= 11 is 0. The number of nitrogens with one attached hydrogen (secondary N) is 1. The first-order chi connectivity index (χ1) is 6.37. The van der Waals surface area contributed by atoms with Crippen molar-refractivity contribution in [3.05, 3.63) is 0 Å². The third-order valence-electron chi connectivity index (χ3n) is 2.19. The van der Waals surface area contributed by atoms with Crippen LogP contribution >= 0.6 is 0 Å². The molecular formula is C10H20N2O2. The average molecular weight is 200 g/mol. The molecule has 1 rings (SSSR count). The number of alkyl carbamates (subject to hydrolysis) is 1. The van der Waals surface area contributed by atoms with Gasteiger partial charge in [0.2, 0.25) is 0 Å². The zero-order chi connectivity index (χ0) is 10.8. The van der Waals surface area contributed by atoms with Crippen molar-refractivity contribution < 1.29 is 9.53 Å². The highest BCUT2D eigenvalue weighted by atomic mass is 16.6. The molecule has 4 heteroatoms. The minimum atomic E-state index is -0.426. The fraction of sp³-hybridized carbons (Fsp3) is 0.900. The second kappa shape index (κ2) is 4.17. The van der Waals surface area contributed by atoms with E-state index in [0.717, 1.165) is 19.3 Å². The Morgan fingerprint density at radius 2 is 2.07 bits per heavy atom. The Kier molecular flexibility index (Phi) is 3.37. The van der Waals surface area contributed by atoms with Crippen molar-refractivity contribution in [1.29, 1.82) is 0 Å². The highest BCUT2D eigenvalue weighted by Gasteiger charge is 2.25. The molecule has 0 aromatic rings. The van der Waals surface area contributed by atoms with Crippen LogP contribution in [0.3, 0.4) is 0 Å². The van der Waals surface area contributed by atoms with Crippen LogP contribution in [-0.2, 0) is 4.74 Å². The molecule has 0 aromatic carbocycles. The zero-order valence-electron chi connectivity index (χ0n) is 9.17. The normalized spacial score (nSPS) is 27.4. The summed E-state index contributed by atoms with van der Waals surface area (Å²) in [7, 11) is 0. The maximum atomic E-state index is 11.3. The summed E-state index contributed by atoms with van der Waals surface area (Å²) in [6.07, 6.45) is 2.47. The number of nitrogens with two attached hydrogens (primary N) is 1. The molecule has 0 spiro atoms. The van der Waals surface area contributed by atoms with Gasteiger partial charge in [-0.2, -0.15) is 0 Å². The molecule has 0 radical (unpaired) electrons. The first kappa shape index (κ1) is 11.3. The molecule has 3 N–H and O–H groups in total. The molecule has 0 bridgehead atoms.